The lowest BCUT2D eigenvalue weighted by atomic mass is 9.91. The van der Waals surface area contributed by atoms with Crippen molar-refractivity contribution in [1.29, 1.82) is 0 Å². The summed E-state index contributed by atoms with van der Waals surface area (Å²) in [5, 5.41) is 3.66. The summed E-state index contributed by atoms with van der Waals surface area (Å²) >= 11 is 0. The first-order valence-electron chi connectivity index (χ1n) is 7.70. The van der Waals surface area contributed by atoms with E-state index in [1.165, 1.54) is 38.0 Å². The third-order valence-corrected chi connectivity index (χ3v) is 5.12. The Balaban J connectivity index is 1.63. The highest BCUT2D eigenvalue weighted by Crippen LogP contribution is 2.52. The molecule has 1 aromatic rings. The second kappa shape index (κ2) is 5.26. The third-order valence-electron chi connectivity index (χ3n) is 5.12. The molecule has 3 rings (SSSR count). The number of hydrogen-bond acceptors (Lipinski definition) is 2. The number of hydrogen-bond donors (Lipinski definition) is 1. The van der Waals surface area contributed by atoms with Crippen LogP contribution in [0.5, 0.6) is 0 Å². The molecule has 0 spiro atoms. The van der Waals surface area contributed by atoms with E-state index in [0.717, 1.165) is 12.5 Å². The zero-order chi connectivity index (χ0) is 13.3. The van der Waals surface area contributed by atoms with E-state index in [-0.39, 0.29) is 0 Å². The molecule has 0 aromatic heterocycles. The van der Waals surface area contributed by atoms with E-state index < -0.39 is 0 Å². The predicted octanol–water partition coefficient (Wildman–Crippen LogP) is 3.07. The molecule has 2 nitrogen and oxygen atoms in total. The van der Waals surface area contributed by atoms with Gasteiger partial charge < -0.3 is 5.32 Å². The van der Waals surface area contributed by atoms with Crippen molar-refractivity contribution in [2.45, 2.75) is 32.7 Å². The SMILES string of the molecule is CC(C)C1(CN2CCNC(c3ccccc3)C2)CC1. The summed E-state index contributed by atoms with van der Waals surface area (Å²) in [5.74, 6) is 0.831. The summed E-state index contributed by atoms with van der Waals surface area (Å²) in [6.45, 7) is 9.58. The maximum Gasteiger partial charge on any atom is 0.0449 e. The van der Waals surface area contributed by atoms with Crippen LogP contribution >= 0.6 is 0 Å². The molecule has 0 amide bonds. The molecule has 2 heteroatoms. The fourth-order valence-corrected chi connectivity index (χ4v) is 3.39. The van der Waals surface area contributed by atoms with Crippen molar-refractivity contribution in [3.63, 3.8) is 0 Å². The molecule has 104 valence electrons. The minimum absolute atomic E-state index is 0.512. The molecule has 1 heterocycles. The highest BCUT2D eigenvalue weighted by atomic mass is 15.2. The Morgan fingerprint density at radius 2 is 2.00 bits per heavy atom. The summed E-state index contributed by atoms with van der Waals surface area (Å²) in [4.78, 5) is 2.68. The van der Waals surface area contributed by atoms with E-state index in [9.17, 15) is 0 Å². The minimum Gasteiger partial charge on any atom is -0.308 e. The van der Waals surface area contributed by atoms with Crippen molar-refractivity contribution >= 4 is 0 Å². The fourth-order valence-electron chi connectivity index (χ4n) is 3.39. The molecule has 2 aliphatic rings. The van der Waals surface area contributed by atoms with Gasteiger partial charge in [-0.25, -0.2) is 0 Å². The summed E-state index contributed by atoms with van der Waals surface area (Å²) in [6, 6.07) is 11.4. The molecule has 1 atom stereocenters. The standard InChI is InChI=1S/C17H26N2/c1-14(2)17(8-9-17)13-19-11-10-18-16(12-19)15-6-4-3-5-7-15/h3-7,14,16,18H,8-13H2,1-2H3. The van der Waals surface area contributed by atoms with Gasteiger partial charge in [-0.3, -0.25) is 4.90 Å². The molecule has 1 saturated heterocycles. The number of piperazine rings is 1. The zero-order valence-corrected chi connectivity index (χ0v) is 12.2. The topological polar surface area (TPSA) is 15.3 Å². The van der Waals surface area contributed by atoms with Crippen molar-refractivity contribution in [2.75, 3.05) is 26.2 Å². The van der Waals surface area contributed by atoms with E-state index >= 15 is 0 Å². The largest absolute Gasteiger partial charge is 0.308 e. The van der Waals surface area contributed by atoms with Gasteiger partial charge in [-0.2, -0.15) is 0 Å². The van der Waals surface area contributed by atoms with Crippen LogP contribution < -0.4 is 5.32 Å². The highest BCUT2D eigenvalue weighted by Gasteiger charge is 2.46. The van der Waals surface area contributed by atoms with Crippen molar-refractivity contribution in [3.8, 4) is 0 Å². The lowest BCUT2D eigenvalue weighted by Crippen LogP contribution is -2.48. The summed E-state index contributed by atoms with van der Waals surface area (Å²) in [5.41, 5.74) is 2.07. The summed E-state index contributed by atoms with van der Waals surface area (Å²) < 4.78 is 0. The smallest absolute Gasteiger partial charge is 0.0449 e. The van der Waals surface area contributed by atoms with Crippen molar-refractivity contribution in [1.82, 2.24) is 10.2 Å². The molecule has 1 N–H and O–H groups in total. The van der Waals surface area contributed by atoms with Crippen LogP contribution in [0, 0.1) is 11.3 Å². The summed E-state index contributed by atoms with van der Waals surface area (Å²) in [6.07, 6.45) is 2.87. The van der Waals surface area contributed by atoms with Gasteiger partial charge in [-0.05, 0) is 29.7 Å². The van der Waals surface area contributed by atoms with Gasteiger partial charge in [0.2, 0.25) is 0 Å². The maximum atomic E-state index is 3.66. The van der Waals surface area contributed by atoms with Crippen molar-refractivity contribution < 1.29 is 0 Å². The van der Waals surface area contributed by atoms with Gasteiger partial charge in [0.05, 0.1) is 0 Å². The highest BCUT2D eigenvalue weighted by molar-refractivity contribution is 5.20. The summed E-state index contributed by atoms with van der Waals surface area (Å²) in [7, 11) is 0. The number of benzene rings is 1. The lowest BCUT2D eigenvalue weighted by molar-refractivity contribution is 0.144. The monoisotopic (exact) mass is 258 g/mol. The van der Waals surface area contributed by atoms with Crippen LogP contribution in [0.2, 0.25) is 0 Å². The van der Waals surface area contributed by atoms with Gasteiger partial charge in [0.15, 0.2) is 0 Å². The van der Waals surface area contributed by atoms with Crippen LogP contribution in [0.15, 0.2) is 30.3 Å². The van der Waals surface area contributed by atoms with Crippen LogP contribution in [-0.2, 0) is 0 Å². The molecule has 0 bridgehead atoms. The average Bonchev–Trinajstić information content (AvgIpc) is 3.21. The van der Waals surface area contributed by atoms with Crippen molar-refractivity contribution in [3.05, 3.63) is 35.9 Å². The van der Waals surface area contributed by atoms with Gasteiger partial charge in [0.1, 0.15) is 0 Å². The van der Waals surface area contributed by atoms with E-state index in [0.29, 0.717) is 11.5 Å². The Kier molecular flexibility index (Phi) is 3.64. The molecule has 1 aliphatic heterocycles. The minimum atomic E-state index is 0.512. The maximum absolute atomic E-state index is 3.66. The molecular formula is C17H26N2. The first-order valence-corrected chi connectivity index (χ1v) is 7.70. The van der Waals surface area contributed by atoms with Crippen LogP contribution in [0.1, 0.15) is 38.3 Å². The van der Waals surface area contributed by atoms with Crippen LogP contribution in [-0.4, -0.2) is 31.1 Å². The predicted molar refractivity (Wildman–Crippen MR) is 80.1 cm³/mol. The lowest BCUT2D eigenvalue weighted by Gasteiger charge is -2.37. The normalized spacial score (nSPS) is 26.6. The van der Waals surface area contributed by atoms with Crippen LogP contribution in [0.4, 0.5) is 0 Å². The van der Waals surface area contributed by atoms with Crippen LogP contribution in [0.25, 0.3) is 0 Å². The second-order valence-electron chi connectivity index (χ2n) is 6.67. The zero-order valence-electron chi connectivity index (χ0n) is 12.2. The number of nitrogens with zero attached hydrogens (tertiary/aromatic N) is 1. The first kappa shape index (κ1) is 13.1. The van der Waals surface area contributed by atoms with Crippen molar-refractivity contribution in [2.24, 2.45) is 11.3 Å². The Hall–Kier alpha value is -0.860. The second-order valence-corrected chi connectivity index (χ2v) is 6.67. The van der Waals surface area contributed by atoms with E-state index in [4.69, 9.17) is 0 Å². The number of rotatable bonds is 4. The Morgan fingerprint density at radius 3 is 2.63 bits per heavy atom. The van der Waals surface area contributed by atoms with E-state index in [1.54, 1.807) is 0 Å². The molecule has 1 aromatic carbocycles. The first-order chi connectivity index (χ1) is 9.20. The molecule has 19 heavy (non-hydrogen) atoms. The average molecular weight is 258 g/mol. The van der Waals surface area contributed by atoms with Gasteiger partial charge >= 0.3 is 0 Å². The molecule has 2 fully saturated rings. The third kappa shape index (κ3) is 2.85. The Morgan fingerprint density at radius 1 is 1.26 bits per heavy atom. The molecule has 1 unspecified atom stereocenters. The van der Waals surface area contributed by atoms with E-state index in [1.807, 2.05) is 0 Å². The van der Waals surface area contributed by atoms with Gasteiger partial charge in [0, 0.05) is 32.2 Å². The van der Waals surface area contributed by atoms with E-state index in [2.05, 4.69) is 54.4 Å². The van der Waals surface area contributed by atoms with Gasteiger partial charge in [0.25, 0.3) is 0 Å². The molecule has 1 saturated carbocycles. The molecule has 1 aliphatic carbocycles. The van der Waals surface area contributed by atoms with Gasteiger partial charge in [-0.1, -0.05) is 44.2 Å². The fraction of sp³-hybridized carbons (Fsp3) is 0.647. The Labute approximate surface area is 117 Å². The Bertz CT molecular complexity index is 409. The molecular weight excluding hydrogens is 232 g/mol. The van der Waals surface area contributed by atoms with Crippen LogP contribution in [0.3, 0.4) is 0 Å². The molecule has 0 radical (unpaired) electrons. The van der Waals surface area contributed by atoms with Gasteiger partial charge in [-0.15, -0.1) is 0 Å². The number of nitrogens with one attached hydrogen (secondary N) is 1. The quantitative estimate of drug-likeness (QED) is 0.893.